The van der Waals surface area contributed by atoms with Gasteiger partial charge in [-0.1, -0.05) is 12.1 Å². The molecule has 4 nitrogen and oxygen atoms in total. The fourth-order valence-electron chi connectivity index (χ4n) is 1.62. The molecule has 1 fully saturated rings. The molecule has 0 saturated carbocycles. The molecule has 0 spiro atoms. The lowest BCUT2D eigenvalue weighted by Crippen LogP contribution is -2.39. The van der Waals surface area contributed by atoms with Crippen LogP contribution in [0.15, 0.2) is 29.2 Å². The summed E-state index contributed by atoms with van der Waals surface area (Å²) in [5.41, 5.74) is 0. The summed E-state index contributed by atoms with van der Waals surface area (Å²) in [4.78, 5) is 2.26. The van der Waals surface area contributed by atoms with E-state index in [2.05, 4.69) is 6.07 Å². The second-order valence-corrected chi connectivity index (χ2v) is 5.67. The van der Waals surface area contributed by atoms with Crippen LogP contribution in [-0.2, 0) is 14.6 Å². The van der Waals surface area contributed by atoms with Crippen molar-refractivity contribution in [1.82, 2.24) is 4.90 Å². The second-order valence-electron chi connectivity index (χ2n) is 3.71. The minimum atomic E-state index is -3.21. The molecular weight excluding hydrogens is 226 g/mol. The molecule has 1 aliphatic heterocycles. The molecule has 1 aliphatic rings. The summed E-state index contributed by atoms with van der Waals surface area (Å²) >= 11 is 0. The molecule has 1 radical (unpaired) electrons. The zero-order valence-electron chi connectivity index (χ0n) is 8.93. The summed E-state index contributed by atoms with van der Waals surface area (Å²) in [7, 11) is -3.21. The maximum absolute atomic E-state index is 12.0. The van der Waals surface area contributed by atoms with Gasteiger partial charge in [0.05, 0.1) is 18.1 Å². The standard InChI is InChI=1S/C11H14NO3S/c13-16(14,11-4-2-1-3-5-11)10-12-6-8-15-9-7-12/h2-5H,6-10H2. The minimum Gasteiger partial charge on any atom is -0.379 e. The molecule has 1 heterocycles. The number of hydrogen-bond donors (Lipinski definition) is 0. The lowest BCUT2D eigenvalue weighted by Gasteiger charge is -2.26. The molecule has 16 heavy (non-hydrogen) atoms. The molecule has 0 bridgehead atoms. The second kappa shape index (κ2) is 4.95. The van der Waals surface area contributed by atoms with Gasteiger partial charge in [-0.25, -0.2) is 8.42 Å². The number of benzene rings is 1. The molecule has 1 saturated heterocycles. The average Bonchev–Trinajstić information content (AvgIpc) is 2.31. The third-order valence-corrected chi connectivity index (χ3v) is 4.20. The SMILES string of the molecule is O=S(=O)(CN1CCOCC1)c1cc[c]cc1. The molecule has 0 aliphatic carbocycles. The van der Waals surface area contributed by atoms with Crippen molar-refractivity contribution in [1.29, 1.82) is 0 Å². The van der Waals surface area contributed by atoms with Crippen LogP contribution in [0.2, 0.25) is 0 Å². The highest BCUT2D eigenvalue weighted by molar-refractivity contribution is 7.91. The largest absolute Gasteiger partial charge is 0.379 e. The molecule has 0 unspecified atom stereocenters. The van der Waals surface area contributed by atoms with Crippen LogP contribution in [0.25, 0.3) is 0 Å². The van der Waals surface area contributed by atoms with E-state index in [1.165, 1.54) is 0 Å². The quantitative estimate of drug-likeness (QED) is 0.774. The summed E-state index contributed by atoms with van der Waals surface area (Å²) in [5, 5.41) is 0. The van der Waals surface area contributed by atoms with Gasteiger partial charge in [-0.3, -0.25) is 4.90 Å². The van der Waals surface area contributed by atoms with E-state index >= 15 is 0 Å². The monoisotopic (exact) mass is 240 g/mol. The van der Waals surface area contributed by atoms with Crippen molar-refractivity contribution in [3.63, 3.8) is 0 Å². The van der Waals surface area contributed by atoms with Gasteiger partial charge in [0.1, 0.15) is 5.88 Å². The molecule has 0 amide bonds. The molecule has 87 valence electrons. The molecular formula is C11H14NO3S. The fourth-order valence-corrected chi connectivity index (χ4v) is 3.06. The summed E-state index contributed by atoms with van der Waals surface area (Å²) in [5.74, 6) is 0.0698. The van der Waals surface area contributed by atoms with Crippen LogP contribution in [0.4, 0.5) is 0 Å². The van der Waals surface area contributed by atoms with Gasteiger partial charge in [0, 0.05) is 13.1 Å². The maximum Gasteiger partial charge on any atom is 0.191 e. The van der Waals surface area contributed by atoms with Crippen molar-refractivity contribution >= 4 is 9.84 Å². The average molecular weight is 240 g/mol. The van der Waals surface area contributed by atoms with Gasteiger partial charge in [-0.05, 0) is 18.2 Å². The molecule has 2 rings (SSSR count). The Balaban J connectivity index is 2.08. The van der Waals surface area contributed by atoms with E-state index in [1.807, 2.05) is 4.90 Å². The number of hydrogen-bond acceptors (Lipinski definition) is 4. The van der Waals surface area contributed by atoms with Gasteiger partial charge in [0.15, 0.2) is 9.84 Å². The summed E-state index contributed by atoms with van der Waals surface area (Å²) in [6, 6.07) is 9.20. The zero-order chi connectivity index (χ0) is 11.4. The number of sulfone groups is 1. The van der Waals surface area contributed by atoms with Crippen LogP contribution >= 0.6 is 0 Å². The summed E-state index contributed by atoms with van der Waals surface area (Å²) in [6.07, 6.45) is 0. The maximum atomic E-state index is 12.0. The molecule has 0 atom stereocenters. The molecule has 1 aromatic rings. The third-order valence-electron chi connectivity index (χ3n) is 2.50. The number of nitrogens with zero attached hydrogens (tertiary/aromatic N) is 1. The lowest BCUT2D eigenvalue weighted by atomic mass is 10.4. The molecule has 0 aromatic heterocycles. The van der Waals surface area contributed by atoms with Gasteiger partial charge in [-0.2, -0.15) is 0 Å². The Kier molecular flexibility index (Phi) is 3.58. The first-order valence-corrected chi connectivity index (χ1v) is 6.83. The predicted octanol–water partition coefficient (Wildman–Crippen LogP) is 0.550. The molecule has 5 heteroatoms. The highest BCUT2D eigenvalue weighted by Gasteiger charge is 2.20. The molecule has 0 N–H and O–H groups in total. The Labute approximate surface area is 95.7 Å². The number of rotatable bonds is 3. The third kappa shape index (κ3) is 2.81. The van der Waals surface area contributed by atoms with Crippen LogP contribution in [0.3, 0.4) is 0 Å². The number of ether oxygens (including phenoxy) is 1. The Morgan fingerprint density at radius 3 is 2.50 bits per heavy atom. The minimum absolute atomic E-state index is 0.0698. The van der Waals surface area contributed by atoms with Crippen molar-refractivity contribution in [3.05, 3.63) is 30.3 Å². The Hall–Kier alpha value is -0.910. The van der Waals surface area contributed by atoms with Crippen LogP contribution in [0.5, 0.6) is 0 Å². The van der Waals surface area contributed by atoms with Gasteiger partial charge < -0.3 is 4.74 Å². The van der Waals surface area contributed by atoms with E-state index in [-0.39, 0.29) is 5.88 Å². The van der Waals surface area contributed by atoms with E-state index in [4.69, 9.17) is 4.74 Å². The Morgan fingerprint density at radius 1 is 1.25 bits per heavy atom. The van der Waals surface area contributed by atoms with Crippen molar-refractivity contribution in [2.45, 2.75) is 4.90 Å². The van der Waals surface area contributed by atoms with E-state index < -0.39 is 9.84 Å². The smallest absolute Gasteiger partial charge is 0.191 e. The van der Waals surface area contributed by atoms with E-state index in [0.717, 1.165) is 0 Å². The highest BCUT2D eigenvalue weighted by Crippen LogP contribution is 2.12. The van der Waals surface area contributed by atoms with Crippen LogP contribution in [-0.4, -0.2) is 45.5 Å². The highest BCUT2D eigenvalue weighted by atomic mass is 32.2. The van der Waals surface area contributed by atoms with Crippen LogP contribution < -0.4 is 0 Å². The van der Waals surface area contributed by atoms with Crippen molar-refractivity contribution in [3.8, 4) is 0 Å². The molecule has 1 aromatic carbocycles. The first-order valence-electron chi connectivity index (χ1n) is 5.17. The van der Waals surface area contributed by atoms with Crippen molar-refractivity contribution in [2.24, 2.45) is 0 Å². The Bertz CT molecular complexity index is 424. The predicted molar refractivity (Wildman–Crippen MR) is 59.7 cm³/mol. The lowest BCUT2D eigenvalue weighted by molar-refractivity contribution is 0.0465. The van der Waals surface area contributed by atoms with Gasteiger partial charge >= 0.3 is 0 Å². The fraction of sp³-hybridized carbons (Fsp3) is 0.455. The van der Waals surface area contributed by atoms with E-state index in [9.17, 15) is 8.42 Å². The van der Waals surface area contributed by atoms with E-state index in [0.29, 0.717) is 31.2 Å². The normalized spacial score (nSPS) is 18.5. The topological polar surface area (TPSA) is 46.6 Å². The van der Waals surface area contributed by atoms with E-state index in [1.54, 1.807) is 24.3 Å². The van der Waals surface area contributed by atoms with Crippen molar-refractivity contribution in [2.75, 3.05) is 32.2 Å². The number of morpholine rings is 1. The summed E-state index contributed by atoms with van der Waals surface area (Å²) < 4.78 is 29.2. The summed E-state index contributed by atoms with van der Waals surface area (Å²) in [6.45, 7) is 2.58. The Morgan fingerprint density at radius 2 is 1.88 bits per heavy atom. The first-order chi connectivity index (χ1) is 7.68. The zero-order valence-corrected chi connectivity index (χ0v) is 9.74. The van der Waals surface area contributed by atoms with Gasteiger partial charge in [-0.15, -0.1) is 0 Å². The van der Waals surface area contributed by atoms with Crippen LogP contribution in [0.1, 0.15) is 0 Å². The van der Waals surface area contributed by atoms with Gasteiger partial charge in [0.2, 0.25) is 0 Å². The van der Waals surface area contributed by atoms with Crippen LogP contribution in [0, 0.1) is 6.07 Å². The van der Waals surface area contributed by atoms with Gasteiger partial charge in [0.25, 0.3) is 0 Å². The van der Waals surface area contributed by atoms with Crippen molar-refractivity contribution < 1.29 is 13.2 Å². The first kappa shape index (κ1) is 11.6.